The van der Waals surface area contributed by atoms with E-state index in [1.807, 2.05) is 0 Å². The molecule has 1 unspecified atom stereocenters. The quantitative estimate of drug-likeness (QED) is 0.767. The first-order valence-electron chi connectivity index (χ1n) is 4.58. The first-order chi connectivity index (χ1) is 6.25. The van der Waals surface area contributed by atoms with Crippen molar-refractivity contribution in [2.24, 2.45) is 0 Å². The first-order valence-corrected chi connectivity index (χ1v) is 5.46. The van der Waals surface area contributed by atoms with Crippen molar-refractivity contribution in [3.05, 3.63) is 21.9 Å². The Morgan fingerprint density at radius 2 is 2.54 bits per heavy atom. The molecule has 0 bridgehead atoms. The molecule has 1 aliphatic rings. The Labute approximate surface area is 82.0 Å². The molecule has 2 rings (SSSR count). The molecular formula is C10H13NOS. The number of aryl methyl sites for hydroxylation is 1. The van der Waals surface area contributed by atoms with Crippen LogP contribution in [0.2, 0.25) is 0 Å². The summed E-state index contributed by atoms with van der Waals surface area (Å²) in [7, 11) is 0. The van der Waals surface area contributed by atoms with Crippen LogP contribution in [0.25, 0.3) is 0 Å². The lowest BCUT2D eigenvalue weighted by molar-refractivity contribution is -0.119. The van der Waals surface area contributed by atoms with Gasteiger partial charge in [0.2, 0.25) is 5.91 Å². The Morgan fingerprint density at radius 3 is 3.08 bits per heavy atom. The van der Waals surface area contributed by atoms with E-state index >= 15 is 0 Å². The van der Waals surface area contributed by atoms with Gasteiger partial charge in [-0.2, -0.15) is 0 Å². The molecule has 2 heterocycles. The molecule has 1 aromatic heterocycles. The van der Waals surface area contributed by atoms with Crippen LogP contribution in [0.15, 0.2) is 11.4 Å². The highest BCUT2D eigenvalue weighted by molar-refractivity contribution is 7.10. The molecule has 0 aliphatic carbocycles. The normalized spacial score (nSPS) is 21.9. The van der Waals surface area contributed by atoms with E-state index in [1.54, 1.807) is 11.3 Å². The largest absolute Gasteiger partial charge is 0.353 e. The molecular weight excluding hydrogens is 182 g/mol. The molecule has 1 fully saturated rings. The number of amides is 1. The Hall–Kier alpha value is -0.830. The van der Waals surface area contributed by atoms with Crippen molar-refractivity contribution in [1.82, 2.24) is 5.32 Å². The highest BCUT2D eigenvalue weighted by Crippen LogP contribution is 2.20. The third-order valence-corrected chi connectivity index (χ3v) is 3.53. The van der Waals surface area contributed by atoms with Gasteiger partial charge in [-0.1, -0.05) is 0 Å². The average molecular weight is 195 g/mol. The van der Waals surface area contributed by atoms with E-state index in [9.17, 15) is 4.79 Å². The zero-order valence-electron chi connectivity index (χ0n) is 7.67. The fourth-order valence-electron chi connectivity index (χ4n) is 1.67. The fraction of sp³-hybridized carbons (Fsp3) is 0.500. The number of hydrogen-bond acceptors (Lipinski definition) is 2. The van der Waals surface area contributed by atoms with Crippen molar-refractivity contribution in [2.45, 2.75) is 32.2 Å². The molecule has 3 heteroatoms. The Kier molecular flexibility index (Phi) is 2.36. The van der Waals surface area contributed by atoms with Crippen molar-refractivity contribution >= 4 is 17.2 Å². The van der Waals surface area contributed by atoms with Gasteiger partial charge in [0.05, 0.1) is 0 Å². The van der Waals surface area contributed by atoms with Crippen LogP contribution in [0.5, 0.6) is 0 Å². The monoisotopic (exact) mass is 195 g/mol. The van der Waals surface area contributed by atoms with Crippen molar-refractivity contribution in [1.29, 1.82) is 0 Å². The van der Waals surface area contributed by atoms with Gasteiger partial charge in [0.15, 0.2) is 0 Å². The smallest absolute Gasteiger partial charge is 0.220 e. The average Bonchev–Trinajstić information content (AvgIpc) is 2.64. The lowest BCUT2D eigenvalue weighted by atomic mass is 10.1. The minimum absolute atomic E-state index is 0.208. The number of carbonyl (C=O) groups excluding carboxylic acids is 1. The van der Waals surface area contributed by atoms with Gasteiger partial charge in [0, 0.05) is 23.8 Å². The summed E-state index contributed by atoms with van der Waals surface area (Å²) in [5.41, 5.74) is 1.35. The summed E-state index contributed by atoms with van der Waals surface area (Å²) in [6.07, 6.45) is 2.71. The molecule has 70 valence electrons. The molecule has 1 aromatic rings. The van der Waals surface area contributed by atoms with Gasteiger partial charge in [-0.25, -0.2) is 0 Å². The minimum atomic E-state index is 0.208. The van der Waals surface area contributed by atoms with E-state index in [-0.39, 0.29) is 5.91 Å². The summed E-state index contributed by atoms with van der Waals surface area (Å²) in [6.45, 7) is 2.13. The van der Waals surface area contributed by atoms with E-state index in [1.165, 1.54) is 10.4 Å². The molecule has 0 radical (unpaired) electrons. The maximum absolute atomic E-state index is 11.0. The number of carbonyl (C=O) groups is 1. The molecule has 1 amide bonds. The van der Waals surface area contributed by atoms with Crippen LogP contribution in [0.1, 0.15) is 23.3 Å². The molecule has 1 N–H and O–H groups in total. The van der Waals surface area contributed by atoms with Gasteiger partial charge in [0.1, 0.15) is 0 Å². The Bertz CT molecular complexity index is 318. The second-order valence-electron chi connectivity index (χ2n) is 3.53. The summed E-state index contributed by atoms with van der Waals surface area (Å²) in [5.74, 6) is 0.208. The van der Waals surface area contributed by atoms with Crippen molar-refractivity contribution in [3.63, 3.8) is 0 Å². The topological polar surface area (TPSA) is 29.1 Å². The fourth-order valence-corrected chi connectivity index (χ4v) is 2.66. The van der Waals surface area contributed by atoms with Crippen LogP contribution in [0.4, 0.5) is 0 Å². The van der Waals surface area contributed by atoms with Gasteiger partial charge in [0.25, 0.3) is 0 Å². The second-order valence-corrected chi connectivity index (χ2v) is 4.53. The van der Waals surface area contributed by atoms with Gasteiger partial charge in [-0.05, 0) is 30.4 Å². The van der Waals surface area contributed by atoms with Crippen molar-refractivity contribution < 1.29 is 4.79 Å². The van der Waals surface area contributed by atoms with Crippen LogP contribution >= 0.6 is 11.3 Å². The first kappa shape index (κ1) is 8.75. The molecule has 13 heavy (non-hydrogen) atoms. The zero-order valence-corrected chi connectivity index (χ0v) is 8.49. The van der Waals surface area contributed by atoms with Crippen LogP contribution in [-0.4, -0.2) is 11.9 Å². The Balaban J connectivity index is 1.99. The molecule has 1 aliphatic heterocycles. The summed E-state index contributed by atoms with van der Waals surface area (Å²) in [4.78, 5) is 12.4. The summed E-state index contributed by atoms with van der Waals surface area (Å²) >= 11 is 1.79. The van der Waals surface area contributed by atoms with E-state index in [4.69, 9.17) is 0 Å². The molecule has 2 nitrogen and oxygen atoms in total. The van der Waals surface area contributed by atoms with Gasteiger partial charge < -0.3 is 5.32 Å². The maximum Gasteiger partial charge on any atom is 0.220 e. The summed E-state index contributed by atoms with van der Waals surface area (Å²) in [6, 6.07) is 2.52. The summed E-state index contributed by atoms with van der Waals surface area (Å²) < 4.78 is 0. The highest BCUT2D eigenvalue weighted by Gasteiger charge is 2.21. The van der Waals surface area contributed by atoms with Crippen LogP contribution in [0.3, 0.4) is 0 Å². The highest BCUT2D eigenvalue weighted by atomic mass is 32.1. The minimum Gasteiger partial charge on any atom is -0.353 e. The lowest BCUT2D eigenvalue weighted by Gasteiger charge is -2.08. The Morgan fingerprint density at radius 1 is 1.69 bits per heavy atom. The predicted molar refractivity (Wildman–Crippen MR) is 53.9 cm³/mol. The predicted octanol–water partition coefficient (Wildman–Crippen LogP) is 1.88. The molecule has 1 saturated heterocycles. The zero-order chi connectivity index (χ0) is 9.26. The van der Waals surface area contributed by atoms with E-state index in [2.05, 4.69) is 23.7 Å². The number of hydrogen-bond donors (Lipinski definition) is 1. The lowest BCUT2D eigenvalue weighted by Crippen LogP contribution is -2.26. The van der Waals surface area contributed by atoms with Crippen molar-refractivity contribution in [2.75, 3.05) is 0 Å². The third kappa shape index (κ3) is 1.91. The van der Waals surface area contributed by atoms with E-state index in [0.717, 1.165) is 12.8 Å². The molecule has 0 saturated carbocycles. The van der Waals surface area contributed by atoms with Gasteiger partial charge in [-0.3, -0.25) is 4.79 Å². The third-order valence-electron chi connectivity index (χ3n) is 2.48. The summed E-state index contributed by atoms with van der Waals surface area (Å²) in [5, 5.41) is 5.10. The second kappa shape index (κ2) is 3.50. The molecule has 1 atom stereocenters. The molecule has 0 aromatic carbocycles. The molecule has 0 spiro atoms. The number of thiophene rings is 1. The maximum atomic E-state index is 11.0. The number of nitrogens with one attached hydrogen (secondary N) is 1. The van der Waals surface area contributed by atoms with Crippen LogP contribution < -0.4 is 5.32 Å². The standard InChI is InChI=1S/C10H13NOS/c1-7-4-5-13-9(7)6-8-2-3-10(12)11-8/h4-5,8H,2-3,6H2,1H3,(H,11,12). The van der Waals surface area contributed by atoms with E-state index < -0.39 is 0 Å². The SMILES string of the molecule is Cc1ccsc1CC1CCC(=O)N1. The van der Waals surface area contributed by atoms with Crippen LogP contribution in [-0.2, 0) is 11.2 Å². The van der Waals surface area contributed by atoms with E-state index in [0.29, 0.717) is 12.5 Å². The van der Waals surface area contributed by atoms with Crippen molar-refractivity contribution in [3.8, 4) is 0 Å². The van der Waals surface area contributed by atoms with Gasteiger partial charge >= 0.3 is 0 Å². The number of rotatable bonds is 2. The van der Waals surface area contributed by atoms with Gasteiger partial charge in [-0.15, -0.1) is 11.3 Å². The van der Waals surface area contributed by atoms with Crippen LogP contribution in [0, 0.1) is 6.92 Å².